The number of aromatic nitrogens is 4. The Bertz CT molecular complexity index is 3140. The molecule has 4 nitrogen and oxygen atoms in total. The number of para-hydroxylation sites is 3. The van der Waals surface area contributed by atoms with Crippen LogP contribution in [-0.4, -0.2) is 14.1 Å². The molecule has 0 saturated heterocycles. The second kappa shape index (κ2) is 13.9. The summed E-state index contributed by atoms with van der Waals surface area (Å²) >= 11 is 0. The van der Waals surface area contributed by atoms with Crippen LogP contribution in [-0.2, 0) is 12.4 Å². The average molecular weight is 739 g/mol. The molecule has 0 aliphatic heterocycles. The van der Waals surface area contributed by atoms with Gasteiger partial charge < -0.3 is 0 Å². The van der Waals surface area contributed by atoms with Crippen LogP contribution in [0.3, 0.4) is 0 Å². The SMILES string of the molecule is [2H]C([2H])([2H])[n+]1cn(-c2cccc(C(c3ccccc3)(c3ccccc3)c3ccc4c5ccccc5n(-c5cc(-c6ccccc6C(C)C)ccn5)c4c3)c2)c2ccccc21. The third-order valence-corrected chi connectivity index (χ3v) is 11.6. The first-order valence-corrected chi connectivity index (χ1v) is 19.6. The lowest BCUT2D eigenvalue weighted by atomic mass is 9.65. The zero-order valence-corrected chi connectivity index (χ0v) is 31.9. The molecule has 3 heterocycles. The summed E-state index contributed by atoms with van der Waals surface area (Å²) in [6, 6.07) is 66.1. The minimum absolute atomic E-state index is 0.370. The van der Waals surface area contributed by atoms with Gasteiger partial charge in [0.15, 0.2) is 11.0 Å². The number of benzene rings is 7. The molecule has 0 N–H and O–H groups in total. The van der Waals surface area contributed by atoms with E-state index in [2.05, 4.69) is 182 Å². The van der Waals surface area contributed by atoms with Gasteiger partial charge in [0.05, 0.1) is 27.5 Å². The summed E-state index contributed by atoms with van der Waals surface area (Å²) in [7, 11) is 0. The largest absolute Gasteiger partial charge is 0.294 e. The van der Waals surface area contributed by atoms with E-state index in [1.807, 2.05) is 35.0 Å². The van der Waals surface area contributed by atoms with Gasteiger partial charge in [-0.25, -0.2) is 9.55 Å². The summed E-state index contributed by atoms with van der Waals surface area (Å²) in [6.07, 6.45) is 3.63. The second-order valence-electron chi connectivity index (χ2n) is 15.1. The Hall–Kier alpha value is -7.04. The van der Waals surface area contributed by atoms with Crippen LogP contribution in [0, 0.1) is 0 Å². The minimum Gasteiger partial charge on any atom is -0.294 e. The van der Waals surface area contributed by atoms with Crippen molar-refractivity contribution in [1.29, 1.82) is 0 Å². The first-order chi connectivity index (χ1) is 29.2. The number of aryl methyl sites for hydroxylation is 1. The first-order valence-electron chi connectivity index (χ1n) is 21.1. The highest BCUT2D eigenvalue weighted by Crippen LogP contribution is 2.47. The Labute approximate surface area is 337 Å². The highest BCUT2D eigenvalue weighted by atomic mass is 15.1. The fraction of sp³-hybridized carbons (Fsp3) is 0.0943. The molecule has 0 unspecified atom stereocenters. The monoisotopic (exact) mass is 738 g/mol. The number of pyridine rings is 1. The van der Waals surface area contributed by atoms with Crippen LogP contribution in [0.15, 0.2) is 201 Å². The Kier molecular flexibility index (Phi) is 7.62. The lowest BCUT2D eigenvalue weighted by Gasteiger charge is -2.37. The van der Waals surface area contributed by atoms with E-state index in [0.717, 1.165) is 66.6 Å². The molecule has 0 aliphatic carbocycles. The lowest BCUT2D eigenvalue weighted by molar-refractivity contribution is -0.645. The Morgan fingerprint density at radius 3 is 1.98 bits per heavy atom. The molecule has 0 aliphatic rings. The van der Waals surface area contributed by atoms with Crippen molar-refractivity contribution in [3.63, 3.8) is 0 Å². The van der Waals surface area contributed by atoms with Crippen molar-refractivity contribution in [3.05, 3.63) is 228 Å². The third-order valence-electron chi connectivity index (χ3n) is 11.6. The quantitative estimate of drug-likeness (QED) is 0.113. The molecule has 0 atom stereocenters. The standard InChI is InChI=1S/C53H43N4/c1-37(2)44-23-10-11-24-45(44)38-31-32-54-52(33-38)57-48-26-13-12-25-46(48)47-30-29-42(35-51(47)57)53(39-17-6-4-7-18-39,40-19-8-5-9-20-40)41-21-16-22-43(34-41)56-36-55(3)49-27-14-15-28-50(49)56/h4-37H,1-3H3/q+1/i3D3. The minimum atomic E-state index is -2.35. The van der Waals surface area contributed by atoms with Crippen molar-refractivity contribution >= 4 is 32.8 Å². The molecule has 10 rings (SSSR count). The van der Waals surface area contributed by atoms with E-state index in [-0.39, 0.29) is 0 Å². The normalized spacial score (nSPS) is 12.9. The number of fused-ring (bicyclic) bond motifs is 4. The van der Waals surface area contributed by atoms with Crippen LogP contribution in [0.5, 0.6) is 0 Å². The molecule has 0 radical (unpaired) electrons. The maximum Gasteiger partial charge on any atom is 0.249 e. The van der Waals surface area contributed by atoms with E-state index < -0.39 is 12.4 Å². The molecule has 10 aromatic rings. The predicted molar refractivity (Wildman–Crippen MR) is 234 cm³/mol. The van der Waals surface area contributed by atoms with Crippen molar-refractivity contribution in [1.82, 2.24) is 14.1 Å². The van der Waals surface area contributed by atoms with E-state index in [1.54, 1.807) is 6.33 Å². The summed E-state index contributed by atoms with van der Waals surface area (Å²) in [6.45, 7) is 2.14. The van der Waals surface area contributed by atoms with Gasteiger partial charge in [-0.15, -0.1) is 0 Å². The average Bonchev–Trinajstić information content (AvgIpc) is 3.85. The molecule has 0 spiro atoms. The molecule has 7 aromatic carbocycles. The van der Waals surface area contributed by atoms with Crippen molar-refractivity contribution < 1.29 is 8.68 Å². The topological polar surface area (TPSA) is 26.6 Å². The Morgan fingerprint density at radius 2 is 1.21 bits per heavy atom. The molecule has 0 fully saturated rings. The zero-order valence-electron chi connectivity index (χ0n) is 34.9. The van der Waals surface area contributed by atoms with Crippen LogP contribution in [0.4, 0.5) is 0 Å². The second-order valence-corrected chi connectivity index (χ2v) is 15.1. The first kappa shape index (κ1) is 31.2. The van der Waals surface area contributed by atoms with Crippen LogP contribution in [0.1, 0.15) is 51.7 Å². The fourth-order valence-corrected chi connectivity index (χ4v) is 9.00. The third kappa shape index (κ3) is 5.59. The summed E-state index contributed by atoms with van der Waals surface area (Å²) < 4.78 is 30.7. The molecule has 0 bridgehead atoms. The molecule has 4 heteroatoms. The number of hydrogen-bond acceptors (Lipinski definition) is 1. The number of rotatable bonds is 8. The summed E-state index contributed by atoms with van der Waals surface area (Å²) in [5.74, 6) is 1.22. The molecule has 274 valence electrons. The zero-order chi connectivity index (χ0) is 41.0. The fourth-order valence-electron chi connectivity index (χ4n) is 9.00. The highest BCUT2D eigenvalue weighted by Gasteiger charge is 2.39. The molecular weight excluding hydrogens is 693 g/mol. The molecule has 57 heavy (non-hydrogen) atoms. The van der Waals surface area contributed by atoms with E-state index in [1.165, 1.54) is 15.7 Å². The Balaban J connectivity index is 1.26. The van der Waals surface area contributed by atoms with Crippen LogP contribution in [0.2, 0.25) is 0 Å². The van der Waals surface area contributed by atoms with E-state index >= 15 is 0 Å². The highest BCUT2D eigenvalue weighted by molar-refractivity contribution is 6.09. The van der Waals surface area contributed by atoms with E-state index in [0.29, 0.717) is 11.4 Å². The van der Waals surface area contributed by atoms with Crippen molar-refractivity contribution in [2.45, 2.75) is 25.2 Å². The van der Waals surface area contributed by atoms with Crippen LogP contribution < -0.4 is 4.57 Å². The van der Waals surface area contributed by atoms with Crippen molar-refractivity contribution in [2.24, 2.45) is 6.98 Å². The molecular formula is C53H43N4+. The number of nitrogens with zero attached hydrogens (tertiary/aromatic N) is 4. The number of imidazole rings is 1. The van der Waals surface area contributed by atoms with Gasteiger partial charge in [-0.05, 0) is 93.4 Å². The van der Waals surface area contributed by atoms with Crippen LogP contribution in [0.25, 0.3) is 55.5 Å². The van der Waals surface area contributed by atoms with Crippen molar-refractivity contribution in [3.8, 4) is 22.6 Å². The smallest absolute Gasteiger partial charge is 0.249 e. The molecule has 3 aromatic heterocycles. The predicted octanol–water partition coefficient (Wildman–Crippen LogP) is 12.1. The summed E-state index contributed by atoms with van der Waals surface area (Å²) in [4.78, 5) is 5.06. The Morgan fingerprint density at radius 1 is 0.561 bits per heavy atom. The van der Waals surface area contributed by atoms with Gasteiger partial charge in [0, 0.05) is 17.0 Å². The van der Waals surface area contributed by atoms with Gasteiger partial charge in [-0.3, -0.25) is 4.57 Å². The lowest BCUT2D eigenvalue weighted by Crippen LogP contribution is -2.31. The van der Waals surface area contributed by atoms with E-state index in [4.69, 9.17) is 9.10 Å². The summed E-state index contributed by atoms with van der Waals surface area (Å²) in [5.41, 5.74) is 11.7. The van der Waals surface area contributed by atoms with Gasteiger partial charge in [0.2, 0.25) is 6.33 Å². The van der Waals surface area contributed by atoms with Gasteiger partial charge in [0.25, 0.3) is 0 Å². The van der Waals surface area contributed by atoms with Gasteiger partial charge in [0.1, 0.15) is 11.5 Å². The van der Waals surface area contributed by atoms with Crippen molar-refractivity contribution in [2.75, 3.05) is 0 Å². The maximum atomic E-state index is 8.35. The van der Waals surface area contributed by atoms with E-state index in [9.17, 15) is 0 Å². The summed E-state index contributed by atoms with van der Waals surface area (Å²) in [5, 5.41) is 2.30. The number of hydrogen-bond donors (Lipinski definition) is 0. The van der Waals surface area contributed by atoms with Gasteiger partial charge >= 0.3 is 0 Å². The molecule has 0 saturated carbocycles. The van der Waals surface area contributed by atoms with Gasteiger partial charge in [-0.2, -0.15) is 4.57 Å². The maximum absolute atomic E-state index is 8.35. The molecule has 0 amide bonds. The van der Waals surface area contributed by atoms with Crippen LogP contribution >= 0.6 is 0 Å². The van der Waals surface area contributed by atoms with Gasteiger partial charge in [-0.1, -0.05) is 153 Å².